The number of allylic oxidation sites excluding steroid dienone is 1. The van der Waals surface area contributed by atoms with Crippen molar-refractivity contribution in [1.82, 2.24) is 0 Å². The van der Waals surface area contributed by atoms with Crippen molar-refractivity contribution in [3.8, 4) is 0 Å². The molecule has 0 bridgehead atoms. The van der Waals surface area contributed by atoms with Gasteiger partial charge in [0, 0.05) is 25.8 Å². The van der Waals surface area contributed by atoms with E-state index in [1.54, 1.807) is 74.5 Å². The van der Waals surface area contributed by atoms with Gasteiger partial charge in [-0.3, -0.25) is 14.4 Å². The van der Waals surface area contributed by atoms with E-state index in [1.807, 2.05) is 6.08 Å². The SMILES string of the molecule is C=C1C(OC(=O)c2ccccc2)CC2C(/C=C(\C)C(=O)C3(OC(C)=O)CC(C)C(OC(=O)c4ccccc4)C3C1OC(C)=O)C2(C)C. The first-order valence-electron chi connectivity index (χ1n) is 16.0. The zero-order chi connectivity index (χ0) is 34.3. The second-order valence-electron chi connectivity index (χ2n) is 13.7. The molecule has 9 heteroatoms. The van der Waals surface area contributed by atoms with Gasteiger partial charge in [-0.25, -0.2) is 9.59 Å². The van der Waals surface area contributed by atoms with Crippen LogP contribution in [0.15, 0.2) is 84.5 Å². The van der Waals surface area contributed by atoms with Crippen LogP contribution in [0.25, 0.3) is 0 Å². The monoisotopic (exact) mass is 642 g/mol. The van der Waals surface area contributed by atoms with Gasteiger partial charge in [0.1, 0.15) is 18.3 Å². The Labute approximate surface area is 275 Å². The first kappa shape index (κ1) is 33.8. The van der Waals surface area contributed by atoms with Gasteiger partial charge >= 0.3 is 23.9 Å². The van der Waals surface area contributed by atoms with Crippen molar-refractivity contribution in [2.75, 3.05) is 0 Å². The van der Waals surface area contributed by atoms with Gasteiger partial charge in [-0.15, -0.1) is 0 Å². The lowest BCUT2D eigenvalue weighted by Gasteiger charge is -2.40. The molecule has 2 aromatic rings. The van der Waals surface area contributed by atoms with Crippen molar-refractivity contribution in [3.63, 3.8) is 0 Å². The van der Waals surface area contributed by atoms with Crippen molar-refractivity contribution in [3.05, 3.63) is 95.6 Å². The van der Waals surface area contributed by atoms with Crippen LogP contribution in [0.4, 0.5) is 0 Å². The number of hydrogen-bond acceptors (Lipinski definition) is 9. The summed E-state index contributed by atoms with van der Waals surface area (Å²) in [7, 11) is 0. The number of ketones is 1. The maximum absolute atomic E-state index is 14.7. The smallest absolute Gasteiger partial charge is 0.338 e. The fourth-order valence-electron chi connectivity index (χ4n) is 7.64. The molecule has 0 amide bonds. The molecule has 0 heterocycles. The summed E-state index contributed by atoms with van der Waals surface area (Å²) in [6.45, 7) is 14.4. The number of esters is 4. The van der Waals surface area contributed by atoms with Gasteiger partial charge in [0.25, 0.3) is 0 Å². The second-order valence-corrected chi connectivity index (χ2v) is 13.7. The van der Waals surface area contributed by atoms with Crippen molar-refractivity contribution in [2.45, 2.75) is 78.3 Å². The lowest BCUT2D eigenvalue weighted by molar-refractivity contribution is -0.179. The van der Waals surface area contributed by atoms with E-state index in [0.29, 0.717) is 17.6 Å². The largest absolute Gasteiger partial charge is 0.458 e. The summed E-state index contributed by atoms with van der Waals surface area (Å²) in [5.74, 6) is -4.93. The molecular formula is C38H42O9. The zero-order valence-electron chi connectivity index (χ0n) is 27.7. The van der Waals surface area contributed by atoms with Gasteiger partial charge in [0.2, 0.25) is 5.78 Å². The van der Waals surface area contributed by atoms with Gasteiger partial charge in [0.15, 0.2) is 5.60 Å². The van der Waals surface area contributed by atoms with Gasteiger partial charge in [0.05, 0.1) is 17.0 Å². The number of hydrogen-bond donors (Lipinski definition) is 0. The molecule has 3 aliphatic rings. The molecule has 0 saturated heterocycles. The van der Waals surface area contributed by atoms with Gasteiger partial charge < -0.3 is 18.9 Å². The summed E-state index contributed by atoms with van der Waals surface area (Å²) >= 11 is 0. The van der Waals surface area contributed by atoms with Gasteiger partial charge in [-0.1, -0.05) is 69.8 Å². The number of carbonyl (C=O) groups excluding carboxylic acids is 5. The summed E-state index contributed by atoms with van der Waals surface area (Å²) in [5.41, 5.74) is -0.942. The minimum absolute atomic E-state index is 0.00893. The molecular weight excluding hydrogens is 600 g/mol. The van der Waals surface area contributed by atoms with E-state index in [2.05, 4.69) is 20.4 Å². The minimum atomic E-state index is -1.89. The number of ether oxygens (including phenoxy) is 4. The summed E-state index contributed by atoms with van der Waals surface area (Å²) in [5, 5.41) is 0. The highest BCUT2D eigenvalue weighted by Crippen LogP contribution is 2.63. The highest BCUT2D eigenvalue weighted by Gasteiger charge is 2.66. The van der Waals surface area contributed by atoms with Crippen LogP contribution < -0.4 is 0 Å². The third kappa shape index (κ3) is 6.53. The van der Waals surface area contributed by atoms with Crippen LogP contribution in [0.2, 0.25) is 0 Å². The zero-order valence-corrected chi connectivity index (χ0v) is 27.7. The first-order valence-corrected chi connectivity index (χ1v) is 16.0. The predicted octanol–water partition coefficient (Wildman–Crippen LogP) is 6.07. The molecule has 5 rings (SSSR count). The molecule has 2 saturated carbocycles. The summed E-state index contributed by atoms with van der Waals surface area (Å²) in [6, 6.07) is 16.9. The molecule has 0 aliphatic heterocycles. The van der Waals surface area contributed by atoms with Crippen LogP contribution in [0.1, 0.15) is 75.1 Å². The standard InChI is InChI=1S/C38H42O9/c1-21-18-28-29(37(28,6)7)19-30(45-35(42)26-14-10-8-11-15-26)23(3)33(44-24(4)39)31-32(46-36(43)27-16-12-9-13-17-27)22(2)20-38(31,34(21)41)47-25(5)40/h8-18,22,28-33H,3,19-20H2,1-2,4-7H3/b21-18+. The molecule has 0 spiro atoms. The molecule has 0 aromatic heterocycles. The fraction of sp³-hybridized carbons (Fsp3) is 0.447. The Balaban J connectivity index is 1.68. The minimum Gasteiger partial charge on any atom is -0.458 e. The van der Waals surface area contributed by atoms with Crippen LogP contribution in [-0.2, 0) is 33.3 Å². The van der Waals surface area contributed by atoms with Crippen LogP contribution >= 0.6 is 0 Å². The molecule has 8 unspecified atom stereocenters. The molecule has 0 N–H and O–H groups in total. The summed E-state index contributed by atoms with van der Waals surface area (Å²) < 4.78 is 24.3. The van der Waals surface area contributed by atoms with Crippen LogP contribution in [0.3, 0.4) is 0 Å². The third-order valence-corrected chi connectivity index (χ3v) is 10.1. The Morgan fingerprint density at radius 1 is 0.830 bits per heavy atom. The molecule has 8 atom stereocenters. The van der Waals surface area contributed by atoms with Crippen LogP contribution in [0, 0.1) is 29.1 Å². The normalized spacial score (nSPS) is 32.3. The second kappa shape index (κ2) is 12.9. The van der Waals surface area contributed by atoms with E-state index in [0.717, 1.165) is 0 Å². The van der Waals surface area contributed by atoms with Gasteiger partial charge in [-0.2, -0.15) is 0 Å². The molecule has 2 fully saturated rings. The maximum Gasteiger partial charge on any atom is 0.338 e. The van der Waals surface area contributed by atoms with E-state index in [4.69, 9.17) is 18.9 Å². The quantitative estimate of drug-likeness (QED) is 0.210. The number of Topliss-reactive ketones (excluding diaryl/α,β-unsaturated/α-hetero) is 1. The van der Waals surface area contributed by atoms with Crippen LogP contribution in [0.5, 0.6) is 0 Å². The highest BCUT2D eigenvalue weighted by molar-refractivity contribution is 6.03. The molecule has 9 nitrogen and oxygen atoms in total. The third-order valence-electron chi connectivity index (χ3n) is 10.1. The Morgan fingerprint density at radius 2 is 1.38 bits per heavy atom. The lowest BCUT2D eigenvalue weighted by atomic mass is 9.76. The topological polar surface area (TPSA) is 122 Å². The van der Waals surface area contributed by atoms with E-state index in [9.17, 15) is 24.0 Å². The maximum atomic E-state index is 14.7. The average molecular weight is 643 g/mol. The number of rotatable bonds is 6. The Morgan fingerprint density at radius 3 is 1.91 bits per heavy atom. The van der Waals surface area contributed by atoms with Gasteiger partial charge in [-0.05, 0) is 66.4 Å². The predicted molar refractivity (Wildman–Crippen MR) is 172 cm³/mol. The number of carbonyl (C=O) groups is 5. The molecule has 0 radical (unpaired) electrons. The Hall–Kier alpha value is -4.53. The van der Waals surface area contributed by atoms with Crippen molar-refractivity contribution in [2.24, 2.45) is 29.1 Å². The Kier molecular flexibility index (Phi) is 9.31. The fourth-order valence-corrected chi connectivity index (χ4v) is 7.64. The van der Waals surface area contributed by atoms with Crippen molar-refractivity contribution in [1.29, 1.82) is 0 Å². The summed E-state index contributed by atoms with van der Waals surface area (Å²) in [6.07, 6.45) is -1.13. The van der Waals surface area contributed by atoms with Crippen molar-refractivity contribution < 1.29 is 42.9 Å². The number of fused-ring (bicyclic) bond motifs is 2. The molecule has 248 valence electrons. The van der Waals surface area contributed by atoms with E-state index < -0.39 is 65.4 Å². The molecule has 2 aromatic carbocycles. The number of benzene rings is 2. The van der Waals surface area contributed by atoms with E-state index in [1.165, 1.54) is 13.8 Å². The van der Waals surface area contributed by atoms with E-state index >= 15 is 0 Å². The van der Waals surface area contributed by atoms with E-state index in [-0.39, 0.29) is 34.8 Å². The lowest BCUT2D eigenvalue weighted by Crippen LogP contribution is -2.55. The average Bonchev–Trinajstić information content (AvgIpc) is 3.41. The molecule has 3 aliphatic carbocycles. The first-order chi connectivity index (χ1) is 22.2. The highest BCUT2D eigenvalue weighted by atomic mass is 16.6. The van der Waals surface area contributed by atoms with Crippen LogP contribution in [-0.4, -0.2) is 53.6 Å². The van der Waals surface area contributed by atoms with Crippen molar-refractivity contribution >= 4 is 29.7 Å². The summed E-state index contributed by atoms with van der Waals surface area (Å²) in [4.78, 5) is 67.3. The molecule has 47 heavy (non-hydrogen) atoms. The Bertz CT molecular complexity index is 1610.